The number of carbonyl (C=O) groups is 1. The Labute approximate surface area is 97.7 Å². The van der Waals surface area contributed by atoms with Crippen molar-refractivity contribution in [3.8, 4) is 0 Å². The summed E-state index contributed by atoms with van der Waals surface area (Å²) >= 11 is 3.45. The fraction of sp³-hybridized carbons (Fsp3) is 0.250. The van der Waals surface area contributed by atoms with Gasteiger partial charge in [-0.3, -0.25) is 4.79 Å². The van der Waals surface area contributed by atoms with Crippen LogP contribution in [0.5, 0.6) is 0 Å². The summed E-state index contributed by atoms with van der Waals surface area (Å²) in [6.45, 7) is 5.00. The Balaban J connectivity index is 2.23. The van der Waals surface area contributed by atoms with Crippen LogP contribution in [0.2, 0.25) is 0 Å². The Hall–Kier alpha value is -1.09. The van der Waals surface area contributed by atoms with E-state index in [2.05, 4.69) is 34.6 Å². The van der Waals surface area contributed by atoms with Crippen molar-refractivity contribution in [1.29, 1.82) is 0 Å². The van der Waals surface area contributed by atoms with Crippen LogP contribution in [0.3, 0.4) is 0 Å². The molecule has 2 rings (SSSR count). The van der Waals surface area contributed by atoms with Gasteiger partial charge in [-0.2, -0.15) is 0 Å². The van der Waals surface area contributed by atoms with Crippen LogP contribution >= 0.6 is 15.9 Å². The Morgan fingerprint density at radius 1 is 1.47 bits per heavy atom. The normalized spacial score (nSPS) is 14.6. The van der Waals surface area contributed by atoms with E-state index in [1.807, 2.05) is 11.0 Å². The van der Waals surface area contributed by atoms with Crippen molar-refractivity contribution >= 4 is 21.8 Å². The van der Waals surface area contributed by atoms with Gasteiger partial charge >= 0.3 is 0 Å². The second-order valence-corrected chi connectivity index (χ2v) is 4.54. The first-order valence-corrected chi connectivity index (χ1v) is 5.68. The number of rotatable bonds is 1. The topological polar surface area (TPSA) is 20.3 Å². The molecule has 0 aromatic heterocycles. The molecule has 1 aromatic rings. The molecule has 0 radical (unpaired) electrons. The van der Waals surface area contributed by atoms with E-state index in [0.29, 0.717) is 6.54 Å². The minimum absolute atomic E-state index is 0.0172. The molecule has 1 aromatic carbocycles. The van der Waals surface area contributed by atoms with E-state index in [1.54, 1.807) is 0 Å². The predicted molar refractivity (Wildman–Crippen MR) is 63.5 cm³/mol. The molecule has 0 spiro atoms. The van der Waals surface area contributed by atoms with Crippen molar-refractivity contribution in [2.75, 3.05) is 6.54 Å². The predicted octanol–water partition coefficient (Wildman–Crippen LogP) is 2.52. The summed E-state index contributed by atoms with van der Waals surface area (Å²) in [5, 5.41) is 0. The zero-order valence-electron chi connectivity index (χ0n) is 8.37. The molecular formula is C12H12BrNO. The molecule has 1 aliphatic rings. The molecule has 0 aliphatic carbocycles. The third kappa shape index (κ3) is 2.12. The van der Waals surface area contributed by atoms with Crippen LogP contribution in [0.1, 0.15) is 11.1 Å². The molecule has 0 bridgehead atoms. The largest absolute Gasteiger partial charge is 0.335 e. The highest BCUT2D eigenvalue weighted by molar-refractivity contribution is 9.10. The Morgan fingerprint density at radius 3 is 3.00 bits per heavy atom. The lowest BCUT2D eigenvalue weighted by Crippen LogP contribution is -2.34. The zero-order valence-corrected chi connectivity index (χ0v) is 9.96. The van der Waals surface area contributed by atoms with Crippen LogP contribution < -0.4 is 0 Å². The van der Waals surface area contributed by atoms with E-state index in [9.17, 15) is 4.79 Å². The molecule has 3 heteroatoms. The molecule has 0 saturated heterocycles. The van der Waals surface area contributed by atoms with E-state index < -0.39 is 0 Å². The van der Waals surface area contributed by atoms with Crippen LogP contribution in [-0.2, 0) is 17.8 Å². The van der Waals surface area contributed by atoms with Crippen LogP contribution in [0.4, 0.5) is 0 Å². The Kier molecular flexibility index (Phi) is 2.91. The maximum atomic E-state index is 11.4. The molecule has 15 heavy (non-hydrogen) atoms. The lowest BCUT2D eigenvalue weighted by molar-refractivity contribution is -0.126. The summed E-state index contributed by atoms with van der Waals surface area (Å²) in [7, 11) is 0. The summed E-state index contributed by atoms with van der Waals surface area (Å²) in [6.07, 6.45) is 2.30. The fourth-order valence-corrected chi connectivity index (χ4v) is 2.25. The van der Waals surface area contributed by atoms with Gasteiger partial charge in [0.05, 0.1) is 0 Å². The van der Waals surface area contributed by atoms with Crippen molar-refractivity contribution in [3.05, 3.63) is 46.5 Å². The van der Waals surface area contributed by atoms with Gasteiger partial charge in [0.15, 0.2) is 0 Å². The molecule has 0 unspecified atom stereocenters. The van der Waals surface area contributed by atoms with Crippen molar-refractivity contribution in [2.45, 2.75) is 13.0 Å². The van der Waals surface area contributed by atoms with E-state index >= 15 is 0 Å². The van der Waals surface area contributed by atoms with Crippen molar-refractivity contribution in [1.82, 2.24) is 4.90 Å². The van der Waals surface area contributed by atoms with Crippen molar-refractivity contribution in [2.24, 2.45) is 0 Å². The molecule has 78 valence electrons. The van der Waals surface area contributed by atoms with Crippen LogP contribution in [-0.4, -0.2) is 17.4 Å². The van der Waals surface area contributed by atoms with Crippen molar-refractivity contribution < 1.29 is 4.79 Å². The monoisotopic (exact) mass is 265 g/mol. The van der Waals surface area contributed by atoms with Crippen LogP contribution in [0, 0.1) is 0 Å². The lowest BCUT2D eigenvalue weighted by Gasteiger charge is -2.28. The summed E-state index contributed by atoms with van der Waals surface area (Å²) < 4.78 is 1.10. The Morgan fingerprint density at radius 2 is 2.27 bits per heavy atom. The van der Waals surface area contributed by atoms with Gasteiger partial charge < -0.3 is 4.90 Å². The van der Waals surface area contributed by atoms with Gasteiger partial charge in [-0.25, -0.2) is 0 Å². The smallest absolute Gasteiger partial charge is 0.246 e. The molecule has 0 fully saturated rings. The number of fused-ring (bicyclic) bond motifs is 1. The third-order valence-electron chi connectivity index (χ3n) is 2.67. The number of carbonyl (C=O) groups excluding carboxylic acids is 1. The highest BCUT2D eigenvalue weighted by Crippen LogP contribution is 2.22. The van der Waals surface area contributed by atoms with Crippen molar-refractivity contribution in [3.63, 3.8) is 0 Å². The highest BCUT2D eigenvalue weighted by Gasteiger charge is 2.18. The van der Waals surface area contributed by atoms with Gasteiger partial charge in [0, 0.05) is 17.6 Å². The fourth-order valence-electron chi connectivity index (χ4n) is 1.84. The maximum Gasteiger partial charge on any atom is 0.246 e. The molecule has 1 aliphatic heterocycles. The van der Waals surface area contributed by atoms with Gasteiger partial charge in [-0.1, -0.05) is 28.6 Å². The van der Waals surface area contributed by atoms with Gasteiger partial charge in [0.2, 0.25) is 5.91 Å². The minimum atomic E-state index is 0.0172. The van der Waals surface area contributed by atoms with Crippen LogP contribution in [0.15, 0.2) is 35.3 Å². The molecular weight excluding hydrogens is 254 g/mol. The van der Waals surface area contributed by atoms with E-state index in [1.165, 1.54) is 17.2 Å². The summed E-state index contributed by atoms with van der Waals surface area (Å²) in [6, 6.07) is 6.22. The quantitative estimate of drug-likeness (QED) is 0.715. The van der Waals surface area contributed by atoms with Gasteiger partial charge in [0.25, 0.3) is 0 Å². The molecule has 2 nitrogen and oxygen atoms in total. The first kappa shape index (κ1) is 10.4. The van der Waals surface area contributed by atoms with Crippen LogP contribution in [0.25, 0.3) is 0 Å². The first-order chi connectivity index (χ1) is 7.20. The second kappa shape index (κ2) is 4.19. The maximum absolute atomic E-state index is 11.4. The minimum Gasteiger partial charge on any atom is -0.335 e. The SMILES string of the molecule is C=CC(=O)N1CCc2cc(Br)ccc2C1. The number of amides is 1. The molecule has 0 N–H and O–H groups in total. The van der Waals surface area contributed by atoms with E-state index in [4.69, 9.17) is 0 Å². The summed E-state index contributed by atoms with van der Waals surface area (Å²) in [5.41, 5.74) is 2.57. The van der Waals surface area contributed by atoms with E-state index in [-0.39, 0.29) is 5.91 Å². The average Bonchev–Trinajstić information content (AvgIpc) is 2.27. The van der Waals surface area contributed by atoms with E-state index in [0.717, 1.165) is 17.4 Å². The second-order valence-electron chi connectivity index (χ2n) is 3.63. The summed E-state index contributed by atoms with van der Waals surface area (Å²) in [4.78, 5) is 13.3. The highest BCUT2D eigenvalue weighted by atomic mass is 79.9. The molecule has 1 heterocycles. The van der Waals surface area contributed by atoms with Gasteiger partial charge in [0.1, 0.15) is 0 Å². The average molecular weight is 266 g/mol. The number of halogens is 1. The van der Waals surface area contributed by atoms with Gasteiger partial charge in [-0.05, 0) is 35.8 Å². The summed E-state index contributed by atoms with van der Waals surface area (Å²) in [5.74, 6) is 0.0172. The van der Waals surface area contributed by atoms with Gasteiger partial charge in [-0.15, -0.1) is 0 Å². The number of hydrogen-bond donors (Lipinski definition) is 0. The Bertz CT molecular complexity index is 414. The zero-order chi connectivity index (χ0) is 10.8. The molecule has 1 amide bonds. The molecule has 0 saturated carbocycles. The number of hydrogen-bond acceptors (Lipinski definition) is 1. The third-order valence-corrected chi connectivity index (χ3v) is 3.16. The standard InChI is InChI=1S/C12H12BrNO/c1-2-12(15)14-6-5-9-7-11(13)4-3-10(9)8-14/h2-4,7H,1,5-6,8H2. The lowest BCUT2D eigenvalue weighted by atomic mass is 10.00. The number of nitrogens with zero attached hydrogens (tertiary/aromatic N) is 1. The number of benzene rings is 1. The first-order valence-electron chi connectivity index (χ1n) is 4.89. The molecule has 0 atom stereocenters.